The first-order chi connectivity index (χ1) is 10.7. The average molecular weight is 301 g/mol. The molecule has 0 aromatic carbocycles. The van der Waals surface area contributed by atoms with Crippen molar-refractivity contribution in [2.45, 2.75) is 44.6 Å². The number of aromatic nitrogens is 1. The molecule has 22 heavy (non-hydrogen) atoms. The van der Waals surface area contributed by atoms with Gasteiger partial charge in [0.25, 0.3) is 0 Å². The lowest BCUT2D eigenvalue weighted by molar-refractivity contribution is -0.137. The number of pyridine rings is 1. The molecular weight excluding hydrogens is 278 g/mol. The maximum absolute atomic E-state index is 12.4. The zero-order valence-electron chi connectivity index (χ0n) is 12.9. The summed E-state index contributed by atoms with van der Waals surface area (Å²) in [5.41, 5.74) is 1.10. The molecule has 3 heterocycles. The van der Waals surface area contributed by atoms with Crippen LogP contribution in [0.2, 0.25) is 0 Å². The molecule has 0 aliphatic carbocycles. The molecule has 1 atom stereocenters. The Bertz CT molecular complexity index is 532. The molecule has 2 amide bonds. The third-order valence-electron chi connectivity index (χ3n) is 4.65. The molecule has 2 aliphatic rings. The highest BCUT2D eigenvalue weighted by molar-refractivity contribution is 5.79. The van der Waals surface area contributed by atoms with E-state index in [1.165, 1.54) is 0 Å². The van der Waals surface area contributed by atoms with Gasteiger partial charge in [0, 0.05) is 50.9 Å². The van der Waals surface area contributed by atoms with E-state index in [1.807, 2.05) is 28.1 Å². The smallest absolute Gasteiger partial charge is 0.222 e. The van der Waals surface area contributed by atoms with E-state index >= 15 is 0 Å². The number of carbonyl (C=O) groups excluding carboxylic acids is 2. The van der Waals surface area contributed by atoms with Gasteiger partial charge in [-0.1, -0.05) is 6.07 Å². The Morgan fingerprint density at radius 2 is 2.23 bits per heavy atom. The number of amides is 2. The zero-order chi connectivity index (χ0) is 15.4. The Balaban J connectivity index is 1.53. The number of nitrogens with zero attached hydrogens (tertiary/aromatic N) is 3. The fourth-order valence-electron chi connectivity index (χ4n) is 3.45. The normalized spacial score (nSPS) is 22.2. The van der Waals surface area contributed by atoms with Gasteiger partial charge in [-0.05, 0) is 37.3 Å². The summed E-state index contributed by atoms with van der Waals surface area (Å²) < 4.78 is 0. The average Bonchev–Trinajstić information content (AvgIpc) is 3.00. The molecule has 0 bridgehead atoms. The number of rotatable bonds is 4. The summed E-state index contributed by atoms with van der Waals surface area (Å²) in [5.74, 6) is 0.454. The van der Waals surface area contributed by atoms with Crippen molar-refractivity contribution in [1.29, 1.82) is 0 Å². The van der Waals surface area contributed by atoms with Gasteiger partial charge in [-0.25, -0.2) is 0 Å². The van der Waals surface area contributed by atoms with Crippen molar-refractivity contribution in [1.82, 2.24) is 14.8 Å². The van der Waals surface area contributed by atoms with Crippen LogP contribution < -0.4 is 0 Å². The summed E-state index contributed by atoms with van der Waals surface area (Å²) in [7, 11) is 0. The summed E-state index contributed by atoms with van der Waals surface area (Å²) in [5, 5.41) is 0. The van der Waals surface area contributed by atoms with Gasteiger partial charge in [0.1, 0.15) is 0 Å². The standard InChI is InChI=1S/C17H23N3O2/c21-16(8-7-14-4-1-9-18-12-14)19-10-2-5-15(13-19)20-11-3-6-17(20)22/h1,4,9,12,15H,2-3,5-8,10-11,13H2/t15-/m0/s1. The molecule has 0 spiro atoms. The van der Waals surface area contributed by atoms with Crippen LogP contribution in [0.15, 0.2) is 24.5 Å². The Labute approximate surface area is 131 Å². The number of piperidine rings is 1. The molecule has 2 fully saturated rings. The SMILES string of the molecule is O=C(CCc1cccnc1)N1CCC[C@H](N2CCCC2=O)C1. The molecule has 2 saturated heterocycles. The Morgan fingerprint density at radius 1 is 1.32 bits per heavy atom. The van der Waals surface area contributed by atoms with E-state index in [2.05, 4.69) is 4.98 Å². The van der Waals surface area contributed by atoms with Crippen LogP contribution in [-0.2, 0) is 16.0 Å². The van der Waals surface area contributed by atoms with E-state index < -0.39 is 0 Å². The molecule has 5 nitrogen and oxygen atoms in total. The quantitative estimate of drug-likeness (QED) is 0.849. The fourth-order valence-corrected chi connectivity index (χ4v) is 3.45. The lowest BCUT2D eigenvalue weighted by Crippen LogP contribution is -2.50. The summed E-state index contributed by atoms with van der Waals surface area (Å²) in [4.78, 5) is 32.3. The summed E-state index contributed by atoms with van der Waals surface area (Å²) >= 11 is 0. The zero-order valence-corrected chi connectivity index (χ0v) is 12.9. The second kappa shape index (κ2) is 6.90. The second-order valence-electron chi connectivity index (χ2n) is 6.19. The molecule has 0 unspecified atom stereocenters. The predicted octanol–water partition coefficient (Wildman–Crippen LogP) is 1.63. The molecule has 0 N–H and O–H groups in total. The second-order valence-corrected chi connectivity index (χ2v) is 6.19. The Hall–Kier alpha value is -1.91. The van der Waals surface area contributed by atoms with Gasteiger partial charge < -0.3 is 9.80 Å². The largest absolute Gasteiger partial charge is 0.341 e. The van der Waals surface area contributed by atoms with Crippen LogP contribution in [0.5, 0.6) is 0 Å². The number of likely N-dealkylation sites (tertiary alicyclic amines) is 2. The van der Waals surface area contributed by atoms with Crippen LogP contribution in [0.1, 0.15) is 37.7 Å². The Kier molecular flexibility index (Phi) is 4.71. The summed E-state index contributed by atoms with van der Waals surface area (Å²) in [6.45, 7) is 2.39. The predicted molar refractivity (Wildman–Crippen MR) is 83.1 cm³/mol. The fraction of sp³-hybridized carbons (Fsp3) is 0.588. The monoisotopic (exact) mass is 301 g/mol. The third kappa shape index (κ3) is 3.46. The molecule has 5 heteroatoms. The van der Waals surface area contributed by atoms with Crippen LogP contribution in [0.25, 0.3) is 0 Å². The first kappa shape index (κ1) is 15.0. The van der Waals surface area contributed by atoms with E-state index in [9.17, 15) is 9.59 Å². The van der Waals surface area contributed by atoms with Crippen LogP contribution in [0.4, 0.5) is 0 Å². The van der Waals surface area contributed by atoms with Gasteiger partial charge in [-0.15, -0.1) is 0 Å². The first-order valence-electron chi connectivity index (χ1n) is 8.20. The molecule has 1 aromatic heterocycles. The van der Waals surface area contributed by atoms with Crippen molar-refractivity contribution >= 4 is 11.8 Å². The number of carbonyl (C=O) groups is 2. The lowest BCUT2D eigenvalue weighted by Gasteiger charge is -2.37. The van der Waals surface area contributed by atoms with Crippen molar-refractivity contribution in [2.24, 2.45) is 0 Å². The number of hydrogen-bond donors (Lipinski definition) is 0. The summed E-state index contributed by atoms with van der Waals surface area (Å²) in [6.07, 6.45) is 8.46. The molecule has 3 rings (SSSR count). The van der Waals surface area contributed by atoms with Gasteiger partial charge in [-0.2, -0.15) is 0 Å². The van der Waals surface area contributed by atoms with Gasteiger partial charge in [-0.3, -0.25) is 14.6 Å². The highest BCUT2D eigenvalue weighted by atomic mass is 16.2. The van der Waals surface area contributed by atoms with E-state index in [0.29, 0.717) is 19.4 Å². The van der Waals surface area contributed by atoms with Crippen molar-refractivity contribution in [3.05, 3.63) is 30.1 Å². The third-order valence-corrected chi connectivity index (χ3v) is 4.65. The minimum absolute atomic E-state index is 0.195. The van der Waals surface area contributed by atoms with Crippen LogP contribution in [0, 0.1) is 0 Å². The molecule has 118 valence electrons. The first-order valence-corrected chi connectivity index (χ1v) is 8.20. The molecule has 0 radical (unpaired) electrons. The minimum Gasteiger partial charge on any atom is -0.341 e. The molecular formula is C17H23N3O2. The van der Waals surface area contributed by atoms with Gasteiger partial charge in [0.15, 0.2) is 0 Å². The topological polar surface area (TPSA) is 53.5 Å². The molecule has 0 saturated carbocycles. The van der Waals surface area contributed by atoms with Crippen molar-refractivity contribution in [3.8, 4) is 0 Å². The van der Waals surface area contributed by atoms with Gasteiger partial charge in [0.05, 0.1) is 0 Å². The van der Waals surface area contributed by atoms with Crippen LogP contribution >= 0.6 is 0 Å². The number of aryl methyl sites for hydroxylation is 1. The van der Waals surface area contributed by atoms with E-state index in [1.54, 1.807) is 6.20 Å². The highest BCUT2D eigenvalue weighted by Gasteiger charge is 2.32. The van der Waals surface area contributed by atoms with Gasteiger partial charge >= 0.3 is 0 Å². The molecule has 2 aliphatic heterocycles. The van der Waals surface area contributed by atoms with Crippen LogP contribution in [0.3, 0.4) is 0 Å². The molecule has 1 aromatic rings. The van der Waals surface area contributed by atoms with Crippen molar-refractivity contribution < 1.29 is 9.59 Å². The van der Waals surface area contributed by atoms with Crippen LogP contribution in [-0.4, -0.2) is 52.3 Å². The van der Waals surface area contributed by atoms with Gasteiger partial charge in [0.2, 0.25) is 11.8 Å². The number of hydrogen-bond acceptors (Lipinski definition) is 3. The highest BCUT2D eigenvalue weighted by Crippen LogP contribution is 2.22. The van der Waals surface area contributed by atoms with Crippen molar-refractivity contribution in [3.63, 3.8) is 0 Å². The minimum atomic E-state index is 0.195. The van der Waals surface area contributed by atoms with E-state index in [-0.39, 0.29) is 17.9 Å². The summed E-state index contributed by atoms with van der Waals surface area (Å²) in [6, 6.07) is 4.13. The lowest BCUT2D eigenvalue weighted by atomic mass is 10.0. The maximum atomic E-state index is 12.4. The van der Waals surface area contributed by atoms with E-state index in [4.69, 9.17) is 0 Å². The maximum Gasteiger partial charge on any atom is 0.222 e. The van der Waals surface area contributed by atoms with Crippen molar-refractivity contribution in [2.75, 3.05) is 19.6 Å². The Morgan fingerprint density at radius 3 is 2.95 bits per heavy atom. The van der Waals surface area contributed by atoms with E-state index in [0.717, 1.165) is 44.3 Å².